The average Bonchev–Trinajstić information content (AvgIpc) is 3.30. The molecule has 1 N–H and O–H groups in total. The monoisotopic (exact) mass is 560 g/mol. The van der Waals surface area contributed by atoms with Crippen LogP contribution in [-0.2, 0) is 16.4 Å². The molecule has 3 aromatic rings. The standard InChI is InChI=1S/C29H32ClF3N4O2/c1-17-34-24-14-20(13-22(29(31,32)33)25(24)37(17)19-15-27(2,3)16-19)39-11-10-36-8-6-28(7-9-36)21-12-18(30)4-5-23(21)35-26(28)38/h4-5,12-14,19H,6-11,15-16H2,1-3H3,(H,35,38). The second-order valence-corrected chi connectivity index (χ2v) is 12.4. The molecule has 1 amide bonds. The highest BCUT2D eigenvalue weighted by Crippen LogP contribution is 2.50. The van der Waals surface area contributed by atoms with Crippen molar-refractivity contribution >= 4 is 34.2 Å². The van der Waals surface area contributed by atoms with E-state index >= 15 is 0 Å². The van der Waals surface area contributed by atoms with E-state index in [1.807, 2.05) is 12.1 Å². The minimum atomic E-state index is -4.52. The molecular weight excluding hydrogens is 529 g/mol. The third kappa shape index (κ3) is 4.57. The number of aryl methyl sites for hydroxylation is 1. The summed E-state index contributed by atoms with van der Waals surface area (Å²) in [6, 6.07) is 8.23. The summed E-state index contributed by atoms with van der Waals surface area (Å²) >= 11 is 6.21. The molecule has 6 rings (SSSR count). The van der Waals surface area contributed by atoms with Crippen LogP contribution in [0.15, 0.2) is 30.3 Å². The normalized spacial score (nSPS) is 20.7. The number of fused-ring (bicyclic) bond motifs is 3. The van der Waals surface area contributed by atoms with Crippen LogP contribution in [0.5, 0.6) is 5.75 Å². The molecule has 6 nitrogen and oxygen atoms in total. The van der Waals surface area contributed by atoms with Gasteiger partial charge >= 0.3 is 6.18 Å². The largest absolute Gasteiger partial charge is 0.492 e. The zero-order valence-electron chi connectivity index (χ0n) is 22.3. The number of piperidine rings is 1. The van der Waals surface area contributed by atoms with Crippen LogP contribution in [0, 0.1) is 12.3 Å². The fourth-order valence-corrected chi connectivity index (χ4v) is 6.97. The predicted octanol–water partition coefficient (Wildman–Crippen LogP) is 6.74. The Bertz CT molecular complexity index is 1450. The minimum absolute atomic E-state index is 0.00356. The number of nitrogens with zero attached hydrogens (tertiary/aromatic N) is 3. The number of amides is 1. The molecule has 1 spiro atoms. The van der Waals surface area contributed by atoms with Gasteiger partial charge in [0.25, 0.3) is 0 Å². The number of anilines is 1. The molecule has 1 saturated heterocycles. The Hall–Kier alpha value is -2.78. The van der Waals surface area contributed by atoms with Gasteiger partial charge < -0.3 is 14.6 Å². The molecule has 2 aromatic carbocycles. The van der Waals surface area contributed by atoms with Gasteiger partial charge in [-0.2, -0.15) is 13.2 Å². The zero-order chi connectivity index (χ0) is 27.7. The van der Waals surface area contributed by atoms with Crippen LogP contribution in [0.4, 0.5) is 18.9 Å². The molecule has 2 fully saturated rings. The number of likely N-dealkylation sites (tertiary alicyclic amines) is 1. The van der Waals surface area contributed by atoms with Gasteiger partial charge in [-0.25, -0.2) is 4.98 Å². The van der Waals surface area contributed by atoms with E-state index in [0.29, 0.717) is 48.8 Å². The molecule has 1 saturated carbocycles. The number of aromatic nitrogens is 2. The van der Waals surface area contributed by atoms with Crippen molar-refractivity contribution in [3.8, 4) is 5.75 Å². The van der Waals surface area contributed by atoms with Gasteiger partial charge in [0.05, 0.1) is 22.0 Å². The van der Waals surface area contributed by atoms with Crippen molar-refractivity contribution in [1.29, 1.82) is 0 Å². The van der Waals surface area contributed by atoms with Crippen molar-refractivity contribution in [2.75, 3.05) is 31.6 Å². The van der Waals surface area contributed by atoms with E-state index in [-0.39, 0.29) is 35.2 Å². The van der Waals surface area contributed by atoms with E-state index in [1.165, 1.54) is 0 Å². The fraction of sp³-hybridized carbons (Fsp3) is 0.517. The molecule has 0 bridgehead atoms. The second kappa shape index (κ2) is 9.13. The quantitative estimate of drug-likeness (QED) is 0.375. The van der Waals surface area contributed by atoms with Crippen LogP contribution >= 0.6 is 11.6 Å². The lowest BCUT2D eigenvalue weighted by Gasteiger charge is -2.44. The van der Waals surface area contributed by atoms with Crippen LogP contribution in [0.25, 0.3) is 11.0 Å². The summed E-state index contributed by atoms with van der Waals surface area (Å²) in [6.45, 7) is 8.17. The summed E-state index contributed by atoms with van der Waals surface area (Å²) in [4.78, 5) is 19.5. The van der Waals surface area contributed by atoms with Gasteiger partial charge in [0, 0.05) is 29.4 Å². The molecule has 3 heterocycles. The molecule has 208 valence electrons. The Morgan fingerprint density at radius 2 is 1.87 bits per heavy atom. The summed E-state index contributed by atoms with van der Waals surface area (Å²) in [5, 5.41) is 3.58. The van der Waals surface area contributed by atoms with E-state index in [9.17, 15) is 18.0 Å². The SMILES string of the molecule is Cc1nc2cc(OCCN3CCC4(CC3)C(=O)Nc3ccc(Cl)cc34)cc(C(F)(F)F)c2n1C1CC(C)(C)C1. The van der Waals surface area contributed by atoms with Crippen molar-refractivity contribution in [3.05, 3.63) is 52.3 Å². The van der Waals surface area contributed by atoms with Gasteiger partial charge in [-0.15, -0.1) is 0 Å². The molecule has 0 atom stereocenters. The average molecular weight is 561 g/mol. The number of alkyl halides is 3. The van der Waals surface area contributed by atoms with E-state index in [0.717, 1.165) is 30.2 Å². The number of hydrogen-bond acceptors (Lipinski definition) is 4. The number of halogens is 4. The van der Waals surface area contributed by atoms with Crippen LogP contribution in [0.3, 0.4) is 0 Å². The van der Waals surface area contributed by atoms with Gasteiger partial charge in [-0.1, -0.05) is 25.4 Å². The number of hydrogen-bond donors (Lipinski definition) is 1. The van der Waals surface area contributed by atoms with Gasteiger partial charge in [0.15, 0.2) is 0 Å². The predicted molar refractivity (Wildman–Crippen MR) is 144 cm³/mol. The number of nitrogens with one attached hydrogen (secondary N) is 1. The molecule has 1 aromatic heterocycles. The number of ether oxygens (including phenoxy) is 1. The third-order valence-corrected chi connectivity index (χ3v) is 8.98. The van der Waals surface area contributed by atoms with Gasteiger partial charge in [0.1, 0.15) is 18.2 Å². The highest BCUT2D eigenvalue weighted by atomic mass is 35.5. The smallest absolute Gasteiger partial charge is 0.418 e. The maximum absolute atomic E-state index is 14.2. The van der Waals surface area contributed by atoms with Crippen molar-refractivity contribution < 1.29 is 22.7 Å². The van der Waals surface area contributed by atoms with Crippen LogP contribution in [-0.4, -0.2) is 46.6 Å². The van der Waals surface area contributed by atoms with Crippen molar-refractivity contribution in [3.63, 3.8) is 0 Å². The summed E-state index contributed by atoms with van der Waals surface area (Å²) in [7, 11) is 0. The first-order chi connectivity index (χ1) is 18.4. The highest BCUT2D eigenvalue weighted by molar-refractivity contribution is 6.31. The minimum Gasteiger partial charge on any atom is -0.492 e. The fourth-order valence-electron chi connectivity index (χ4n) is 6.80. The lowest BCUT2D eigenvalue weighted by molar-refractivity contribution is -0.136. The molecule has 3 aliphatic rings. The first kappa shape index (κ1) is 26.4. The number of benzene rings is 2. The summed E-state index contributed by atoms with van der Waals surface area (Å²) in [6.07, 6.45) is -1.59. The maximum Gasteiger partial charge on any atom is 0.418 e. The van der Waals surface area contributed by atoms with Gasteiger partial charge in [0.2, 0.25) is 5.91 Å². The summed E-state index contributed by atoms with van der Waals surface area (Å²) in [5.74, 6) is 0.763. The van der Waals surface area contributed by atoms with Crippen molar-refractivity contribution in [1.82, 2.24) is 14.5 Å². The van der Waals surface area contributed by atoms with E-state index in [2.05, 4.69) is 29.0 Å². The Labute approximate surface area is 230 Å². The molecule has 0 unspecified atom stereocenters. The third-order valence-electron chi connectivity index (χ3n) is 8.75. The Morgan fingerprint density at radius 3 is 2.54 bits per heavy atom. The van der Waals surface area contributed by atoms with E-state index in [4.69, 9.17) is 16.3 Å². The van der Waals surface area contributed by atoms with Crippen LogP contribution in [0.1, 0.15) is 62.5 Å². The molecule has 1 aliphatic carbocycles. The van der Waals surface area contributed by atoms with Gasteiger partial charge in [-0.05, 0) is 80.9 Å². The van der Waals surface area contributed by atoms with Crippen LogP contribution in [0.2, 0.25) is 5.02 Å². The van der Waals surface area contributed by atoms with Gasteiger partial charge in [-0.3, -0.25) is 9.69 Å². The Morgan fingerprint density at radius 1 is 1.15 bits per heavy atom. The molecule has 39 heavy (non-hydrogen) atoms. The lowest BCUT2D eigenvalue weighted by atomic mass is 9.68. The first-order valence-corrected chi connectivity index (χ1v) is 13.8. The number of carbonyl (C=O) groups excluding carboxylic acids is 1. The zero-order valence-corrected chi connectivity index (χ0v) is 23.0. The Balaban J connectivity index is 1.15. The van der Waals surface area contributed by atoms with E-state index < -0.39 is 17.2 Å². The Kier molecular flexibility index (Phi) is 6.19. The number of rotatable bonds is 5. The first-order valence-electron chi connectivity index (χ1n) is 13.4. The second-order valence-electron chi connectivity index (χ2n) is 12.0. The molecule has 2 aliphatic heterocycles. The van der Waals surface area contributed by atoms with Crippen molar-refractivity contribution in [2.24, 2.45) is 5.41 Å². The maximum atomic E-state index is 14.2. The molecular formula is C29H32ClF3N4O2. The van der Waals surface area contributed by atoms with Crippen LogP contribution < -0.4 is 10.1 Å². The number of imidazole rings is 1. The number of carbonyl (C=O) groups is 1. The summed E-state index contributed by atoms with van der Waals surface area (Å²) in [5.41, 5.74) is 1.05. The topological polar surface area (TPSA) is 59.4 Å². The van der Waals surface area contributed by atoms with E-state index in [1.54, 1.807) is 23.6 Å². The van der Waals surface area contributed by atoms with Crippen molar-refractivity contribution in [2.45, 2.75) is 64.1 Å². The summed E-state index contributed by atoms with van der Waals surface area (Å²) < 4.78 is 50.2. The molecule has 10 heteroatoms. The molecule has 0 radical (unpaired) electrons. The highest BCUT2D eigenvalue weighted by Gasteiger charge is 2.48. The lowest BCUT2D eigenvalue weighted by Crippen LogP contribution is -2.47.